The molecular weight excluding hydrogens is 273 g/mol. The largest absolute Gasteiger partial charge is 0.319 e. The first kappa shape index (κ1) is 12.8. The lowest BCUT2D eigenvalue weighted by Crippen LogP contribution is -2.14. The summed E-state index contributed by atoms with van der Waals surface area (Å²) in [7, 11) is 0. The quantitative estimate of drug-likeness (QED) is 0.859. The highest BCUT2D eigenvalue weighted by atomic mass is 35.5. The van der Waals surface area contributed by atoms with Gasteiger partial charge < -0.3 is 5.32 Å². The van der Waals surface area contributed by atoms with Gasteiger partial charge in [-0.05, 0) is 31.2 Å². The van der Waals surface area contributed by atoms with Gasteiger partial charge in [-0.3, -0.25) is 9.78 Å². The van der Waals surface area contributed by atoms with Gasteiger partial charge in [-0.15, -0.1) is 0 Å². The molecule has 4 nitrogen and oxygen atoms in total. The molecule has 0 aliphatic carbocycles. The normalized spacial score (nSPS) is 10.2. The molecule has 2 aromatic rings. The molecule has 0 saturated heterocycles. The van der Waals surface area contributed by atoms with Crippen LogP contribution in [0.1, 0.15) is 16.2 Å². The van der Waals surface area contributed by atoms with E-state index in [4.69, 9.17) is 23.2 Å². The maximum absolute atomic E-state index is 11.9. The predicted octanol–water partition coefficient (Wildman–Crippen LogP) is 3.34. The molecule has 1 amide bonds. The second-order valence-electron chi connectivity index (χ2n) is 3.61. The van der Waals surface area contributed by atoms with Crippen molar-refractivity contribution in [2.45, 2.75) is 6.92 Å². The number of nitrogens with one attached hydrogen (secondary N) is 1. The molecule has 18 heavy (non-hydrogen) atoms. The molecule has 2 rings (SSSR count). The number of aryl methyl sites for hydroxylation is 1. The Hall–Kier alpha value is -1.65. The Balaban J connectivity index is 2.21. The van der Waals surface area contributed by atoms with Gasteiger partial charge in [0.15, 0.2) is 0 Å². The SMILES string of the molecule is Cc1ccc(NC(=O)c2nc(Cl)ccc2Cl)cn1. The zero-order chi connectivity index (χ0) is 13.1. The average molecular weight is 282 g/mol. The number of amides is 1. The fourth-order valence-electron chi connectivity index (χ4n) is 1.31. The Morgan fingerprint density at radius 1 is 1.22 bits per heavy atom. The highest BCUT2D eigenvalue weighted by Gasteiger charge is 2.13. The van der Waals surface area contributed by atoms with Crippen LogP contribution in [0.25, 0.3) is 0 Å². The summed E-state index contributed by atoms with van der Waals surface area (Å²) in [6.45, 7) is 1.86. The molecule has 0 aromatic carbocycles. The van der Waals surface area contributed by atoms with E-state index < -0.39 is 5.91 Å². The molecule has 2 heterocycles. The van der Waals surface area contributed by atoms with Crippen LogP contribution in [0, 0.1) is 6.92 Å². The summed E-state index contributed by atoms with van der Waals surface area (Å²) < 4.78 is 0. The molecule has 0 saturated carbocycles. The highest BCUT2D eigenvalue weighted by Crippen LogP contribution is 2.18. The van der Waals surface area contributed by atoms with E-state index in [1.807, 2.05) is 6.92 Å². The Morgan fingerprint density at radius 3 is 2.67 bits per heavy atom. The van der Waals surface area contributed by atoms with Crippen molar-refractivity contribution in [2.75, 3.05) is 5.32 Å². The van der Waals surface area contributed by atoms with Crippen LogP contribution in [0.5, 0.6) is 0 Å². The van der Waals surface area contributed by atoms with Crippen molar-refractivity contribution >= 4 is 34.8 Å². The monoisotopic (exact) mass is 281 g/mol. The fraction of sp³-hybridized carbons (Fsp3) is 0.0833. The van der Waals surface area contributed by atoms with Gasteiger partial charge in [-0.25, -0.2) is 4.98 Å². The summed E-state index contributed by atoms with van der Waals surface area (Å²) >= 11 is 11.6. The maximum atomic E-state index is 11.9. The van der Waals surface area contributed by atoms with Crippen molar-refractivity contribution in [3.8, 4) is 0 Å². The molecule has 0 atom stereocenters. The van der Waals surface area contributed by atoms with Crippen molar-refractivity contribution in [3.63, 3.8) is 0 Å². The minimum Gasteiger partial charge on any atom is -0.319 e. The van der Waals surface area contributed by atoms with E-state index in [9.17, 15) is 4.79 Å². The van der Waals surface area contributed by atoms with E-state index in [1.165, 1.54) is 12.1 Å². The molecule has 1 N–H and O–H groups in total. The third-order valence-electron chi connectivity index (χ3n) is 2.20. The molecule has 0 radical (unpaired) electrons. The first-order valence-corrected chi connectivity index (χ1v) is 5.88. The van der Waals surface area contributed by atoms with Crippen LogP contribution in [-0.2, 0) is 0 Å². The summed E-state index contributed by atoms with van der Waals surface area (Å²) in [4.78, 5) is 19.9. The van der Waals surface area contributed by atoms with Gasteiger partial charge in [0.2, 0.25) is 0 Å². The lowest BCUT2D eigenvalue weighted by atomic mass is 10.3. The molecule has 0 aliphatic heterocycles. The lowest BCUT2D eigenvalue weighted by molar-refractivity contribution is 0.102. The third-order valence-corrected chi connectivity index (χ3v) is 2.71. The first-order valence-electron chi connectivity index (χ1n) is 5.12. The van der Waals surface area contributed by atoms with Gasteiger partial charge in [0, 0.05) is 5.69 Å². The van der Waals surface area contributed by atoms with Crippen molar-refractivity contribution in [3.05, 3.63) is 52.0 Å². The zero-order valence-electron chi connectivity index (χ0n) is 9.45. The topological polar surface area (TPSA) is 54.9 Å². The van der Waals surface area contributed by atoms with Crippen LogP contribution in [0.3, 0.4) is 0 Å². The molecule has 92 valence electrons. The minimum atomic E-state index is -0.423. The molecular formula is C12H9Cl2N3O. The predicted molar refractivity (Wildman–Crippen MR) is 71.2 cm³/mol. The molecule has 0 bridgehead atoms. The molecule has 2 aromatic heterocycles. The fourth-order valence-corrected chi connectivity index (χ4v) is 1.65. The summed E-state index contributed by atoms with van der Waals surface area (Å²) in [5.74, 6) is -0.423. The summed E-state index contributed by atoms with van der Waals surface area (Å²) in [5.41, 5.74) is 1.53. The number of hydrogen-bond acceptors (Lipinski definition) is 3. The van der Waals surface area contributed by atoms with Crippen LogP contribution in [0.15, 0.2) is 30.5 Å². The van der Waals surface area contributed by atoms with Gasteiger partial charge >= 0.3 is 0 Å². The lowest BCUT2D eigenvalue weighted by Gasteiger charge is -2.06. The van der Waals surface area contributed by atoms with E-state index in [0.29, 0.717) is 5.69 Å². The van der Waals surface area contributed by atoms with Crippen molar-refractivity contribution in [1.29, 1.82) is 0 Å². The van der Waals surface area contributed by atoms with Crippen LogP contribution in [-0.4, -0.2) is 15.9 Å². The second-order valence-corrected chi connectivity index (χ2v) is 4.40. The van der Waals surface area contributed by atoms with E-state index in [2.05, 4.69) is 15.3 Å². The van der Waals surface area contributed by atoms with Gasteiger partial charge in [0.25, 0.3) is 5.91 Å². The number of hydrogen-bond donors (Lipinski definition) is 1. The number of halogens is 2. The van der Waals surface area contributed by atoms with Crippen molar-refractivity contribution < 1.29 is 4.79 Å². The standard InChI is InChI=1S/C12H9Cl2N3O/c1-7-2-3-8(6-15-7)16-12(18)11-9(13)4-5-10(14)17-11/h2-6H,1H3,(H,16,18). The highest BCUT2D eigenvalue weighted by molar-refractivity contribution is 6.35. The Morgan fingerprint density at radius 2 is 2.00 bits per heavy atom. The smallest absolute Gasteiger partial charge is 0.275 e. The second kappa shape index (κ2) is 5.33. The molecule has 0 aliphatic rings. The molecule has 0 spiro atoms. The van der Waals surface area contributed by atoms with E-state index in [-0.39, 0.29) is 15.9 Å². The van der Waals surface area contributed by atoms with E-state index in [0.717, 1.165) is 5.69 Å². The number of anilines is 1. The van der Waals surface area contributed by atoms with E-state index in [1.54, 1.807) is 18.3 Å². The number of rotatable bonds is 2. The van der Waals surface area contributed by atoms with Crippen molar-refractivity contribution in [1.82, 2.24) is 9.97 Å². The van der Waals surface area contributed by atoms with Crippen LogP contribution in [0.4, 0.5) is 5.69 Å². The summed E-state index contributed by atoms with van der Waals surface area (Å²) in [5, 5.41) is 3.11. The minimum absolute atomic E-state index is 0.0877. The van der Waals surface area contributed by atoms with Crippen LogP contribution in [0.2, 0.25) is 10.2 Å². The third kappa shape index (κ3) is 2.97. The van der Waals surface area contributed by atoms with Gasteiger partial charge in [0.05, 0.1) is 16.9 Å². The maximum Gasteiger partial charge on any atom is 0.275 e. The summed E-state index contributed by atoms with van der Waals surface area (Å²) in [6.07, 6.45) is 1.56. The Bertz CT molecular complexity index is 584. The molecule has 0 unspecified atom stereocenters. The molecule has 6 heteroatoms. The van der Waals surface area contributed by atoms with Gasteiger partial charge in [-0.2, -0.15) is 0 Å². The zero-order valence-corrected chi connectivity index (χ0v) is 11.0. The Kier molecular flexibility index (Phi) is 3.79. The van der Waals surface area contributed by atoms with E-state index >= 15 is 0 Å². The van der Waals surface area contributed by atoms with Gasteiger partial charge in [0.1, 0.15) is 10.8 Å². The first-order chi connectivity index (χ1) is 8.56. The van der Waals surface area contributed by atoms with Gasteiger partial charge in [-0.1, -0.05) is 23.2 Å². The summed E-state index contributed by atoms with van der Waals surface area (Å²) in [6, 6.07) is 6.59. The van der Waals surface area contributed by atoms with Crippen molar-refractivity contribution in [2.24, 2.45) is 0 Å². The number of aromatic nitrogens is 2. The van der Waals surface area contributed by atoms with Crippen LogP contribution >= 0.6 is 23.2 Å². The number of carbonyl (C=O) groups is 1. The number of pyridine rings is 2. The average Bonchev–Trinajstić information content (AvgIpc) is 2.35. The Labute approximate surface area is 114 Å². The number of nitrogens with zero attached hydrogens (tertiary/aromatic N) is 2. The van der Waals surface area contributed by atoms with Crippen LogP contribution < -0.4 is 5.32 Å². The number of carbonyl (C=O) groups excluding carboxylic acids is 1. The molecule has 0 fully saturated rings.